The zero-order valence-electron chi connectivity index (χ0n) is 10.5. The number of carboxylic acid groups (broad SMARTS) is 1. The third kappa shape index (κ3) is 3.05. The van der Waals surface area contributed by atoms with Gasteiger partial charge in [-0.3, -0.25) is 0 Å². The number of carbonyl (C=O) groups is 1. The summed E-state index contributed by atoms with van der Waals surface area (Å²) in [6, 6.07) is 0. The summed E-state index contributed by atoms with van der Waals surface area (Å²) >= 11 is 0. The van der Waals surface area contributed by atoms with Gasteiger partial charge in [0.1, 0.15) is 0 Å². The van der Waals surface area contributed by atoms with Crippen LogP contribution in [-0.2, 0) is 4.79 Å². The van der Waals surface area contributed by atoms with Gasteiger partial charge in [0.25, 0.3) is 0 Å². The highest BCUT2D eigenvalue weighted by Crippen LogP contribution is 2.54. The van der Waals surface area contributed by atoms with Gasteiger partial charge in [0.15, 0.2) is 6.17 Å². The number of hydrogen-bond acceptors (Lipinski definition) is 1. The second kappa shape index (κ2) is 5.91. The lowest BCUT2D eigenvalue weighted by molar-refractivity contribution is -0.369. The van der Waals surface area contributed by atoms with Crippen LogP contribution in [0.4, 0.5) is 39.5 Å². The molecule has 0 aliphatic rings. The Morgan fingerprint density at radius 3 is 1.76 bits per heavy atom. The minimum atomic E-state index is -6.98. The minimum absolute atomic E-state index is 0.0593. The number of unbranched alkanes of at least 4 members (excludes halogenated alkanes) is 1. The first kappa shape index (κ1) is 19.8. The van der Waals surface area contributed by atoms with Gasteiger partial charge in [-0.15, -0.1) is 0 Å². The summed E-state index contributed by atoms with van der Waals surface area (Å²) in [5, 5.41) is 7.78. The van der Waals surface area contributed by atoms with Crippen molar-refractivity contribution in [2.75, 3.05) is 0 Å². The van der Waals surface area contributed by atoms with Crippen LogP contribution in [0.3, 0.4) is 0 Å². The summed E-state index contributed by atoms with van der Waals surface area (Å²) in [6.07, 6.45) is -5.42. The van der Waals surface area contributed by atoms with Crippen molar-refractivity contribution in [3.63, 3.8) is 0 Å². The fourth-order valence-electron chi connectivity index (χ4n) is 1.30. The maximum Gasteiger partial charge on any atom is 0.410 e. The Hall–Kier alpha value is -1.16. The fraction of sp³-hybridized carbons (Fsp3) is 0.900. The smallest absolute Gasteiger partial charge is 0.410 e. The molecule has 0 aromatic carbocycles. The van der Waals surface area contributed by atoms with Crippen molar-refractivity contribution in [3.8, 4) is 0 Å². The van der Waals surface area contributed by atoms with Crippen LogP contribution in [0, 0.1) is 0 Å². The van der Waals surface area contributed by atoms with Gasteiger partial charge in [-0.2, -0.15) is 35.1 Å². The van der Waals surface area contributed by atoms with Crippen molar-refractivity contribution in [2.45, 2.75) is 56.0 Å². The molecule has 0 bridgehead atoms. The first-order valence-corrected chi connectivity index (χ1v) is 5.56. The maximum absolute atomic E-state index is 13.1. The van der Waals surface area contributed by atoms with Gasteiger partial charge in [0.2, 0.25) is 0 Å². The summed E-state index contributed by atoms with van der Waals surface area (Å²) in [5.41, 5.74) is 0. The fourth-order valence-corrected chi connectivity index (χ4v) is 1.30. The first-order chi connectivity index (χ1) is 9.17. The second-order valence-electron chi connectivity index (χ2n) is 4.26. The molecule has 0 spiro atoms. The van der Waals surface area contributed by atoms with Gasteiger partial charge >= 0.3 is 29.7 Å². The largest absolute Gasteiger partial charge is 0.477 e. The Labute approximate surface area is 112 Å². The Morgan fingerprint density at radius 1 is 1.00 bits per heavy atom. The SMILES string of the molecule is CCCCC(F)C(F)(F)C(F)(F)C(F)(F)C(F)(F)C(=O)O. The molecule has 126 valence electrons. The molecule has 0 aromatic rings. The molecule has 1 N–H and O–H groups in total. The van der Waals surface area contributed by atoms with Crippen LogP contribution < -0.4 is 0 Å². The minimum Gasteiger partial charge on any atom is -0.477 e. The van der Waals surface area contributed by atoms with E-state index in [0.717, 1.165) is 0 Å². The lowest BCUT2D eigenvalue weighted by Crippen LogP contribution is -2.66. The van der Waals surface area contributed by atoms with Crippen LogP contribution in [-0.4, -0.2) is 40.9 Å². The number of rotatable bonds is 8. The lowest BCUT2D eigenvalue weighted by atomic mass is 9.93. The van der Waals surface area contributed by atoms with E-state index in [9.17, 15) is 44.3 Å². The maximum atomic E-state index is 13.1. The molecule has 1 unspecified atom stereocenters. The molecule has 0 aromatic heterocycles. The normalized spacial score (nSPS) is 15.9. The van der Waals surface area contributed by atoms with Crippen molar-refractivity contribution >= 4 is 5.97 Å². The van der Waals surface area contributed by atoms with Crippen molar-refractivity contribution < 1.29 is 49.4 Å². The molecule has 0 saturated heterocycles. The first-order valence-electron chi connectivity index (χ1n) is 5.56. The summed E-state index contributed by atoms with van der Waals surface area (Å²) in [4.78, 5) is 9.88. The molecular formula is C10H11F9O2. The van der Waals surface area contributed by atoms with E-state index in [1.807, 2.05) is 0 Å². The van der Waals surface area contributed by atoms with Crippen LogP contribution in [0.25, 0.3) is 0 Å². The molecule has 0 heterocycles. The average molecular weight is 334 g/mol. The molecule has 0 amide bonds. The van der Waals surface area contributed by atoms with E-state index >= 15 is 0 Å². The lowest BCUT2D eigenvalue weighted by Gasteiger charge is -2.36. The average Bonchev–Trinajstić information content (AvgIpc) is 2.34. The number of carboxylic acids is 1. The zero-order chi connectivity index (χ0) is 17.3. The third-order valence-corrected chi connectivity index (χ3v) is 2.68. The van der Waals surface area contributed by atoms with Gasteiger partial charge in [-0.05, 0) is 6.42 Å². The second-order valence-corrected chi connectivity index (χ2v) is 4.26. The zero-order valence-corrected chi connectivity index (χ0v) is 10.5. The summed E-state index contributed by atoms with van der Waals surface area (Å²) in [6.45, 7) is 1.36. The van der Waals surface area contributed by atoms with E-state index < -0.39 is 42.3 Å². The molecule has 0 aliphatic heterocycles. The third-order valence-electron chi connectivity index (χ3n) is 2.68. The Balaban J connectivity index is 5.67. The van der Waals surface area contributed by atoms with E-state index in [4.69, 9.17) is 5.11 Å². The number of alkyl halides is 9. The van der Waals surface area contributed by atoms with E-state index in [1.54, 1.807) is 0 Å². The number of hydrogen-bond donors (Lipinski definition) is 1. The highest BCUT2D eigenvalue weighted by atomic mass is 19.4. The van der Waals surface area contributed by atoms with Crippen LogP contribution in [0.1, 0.15) is 26.2 Å². The van der Waals surface area contributed by atoms with E-state index in [1.165, 1.54) is 6.92 Å². The highest BCUT2D eigenvalue weighted by Gasteiger charge is 2.84. The summed E-state index contributed by atoms with van der Waals surface area (Å²) in [5.74, 6) is -30.3. The van der Waals surface area contributed by atoms with Crippen molar-refractivity contribution in [1.29, 1.82) is 0 Å². The van der Waals surface area contributed by atoms with Crippen molar-refractivity contribution in [2.24, 2.45) is 0 Å². The topological polar surface area (TPSA) is 37.3 Å². The molecule has 0 aliphatic carbocycles. The van der Waals surface area contributed by atoms with Gasteiger partial charge in [0, 0.05) is 0 Å². The van der Waals surface area contributed by atoms with E-state index in [0.29, 0.717) is 0 Å². The standard InChI is InChI=1S/C10H11F9O2/c1-2-3-4-5(11)7(12,13)9(16,17)10(18,19)8(14,15)6(20)21/h5H,2-4H2,1H3,(H,20,21). The molecule has 0 rings (SSSR count). The van der Waals surface area contributed by atoms with Crippen LogP contribution >= 0.6 is 0 Å². The molecule has 0 fully saturated rings. The van der Waals surface area contributed by atoms with Gasteiger partial charge in [-0.1, -0.05) is 19.8 Å². The number of aliphatic carboxylic acids is 1. The molecule has 1 atom stereocenters. The molecule has 21 heavy (non-hydrogen) atoms. The molecule has 0 radical (unpaired) electrons. The summed E-state index contributed by atoms with van der Waals surface area (Å²) < 4.78 is 116. The van der Waals surface area contributed by atoms with Crippen LogP contribution in [0.5, 0.6) is 0 Å². The van der Waals surface area contributed by atoms with Gasteiger partial charge < -0.3 is 5.11 Å². The molecule has 11 heteroatoms. The summed E-state index contributed by atoms with van der Waals surface area (Å²) in [7, 11) is 0. The van der Waals surface area contributed by atoms with E-state index in [2.05, 4.69) is 0 Å². The molecular weight excluding hydrogens is 323 g/mol. The van der Waals surface area contributed by atoms with Gasteiger partial charge in [0.05, 0.1) is 0 Å². The Kier molecular flexibility index (Phi) is 5.59. The predicted octanol–water partition coefficient (Wildman–Crippen LogP) is 4.14. The monoisotopic (exact) mass is 334 g/mol. The highest BCUT2D eigenvalue weighted by molar-refractivity contribution is 5.77. The van der Waals surface area contributed by atoms with Crippen LogP contribution in [0.2, 0.25) is 0 Å². The quantitative estimate of drug-likeness (QED) is 0.678. The van der Waals surface area contributed by atoms with Gasteiger partial charge in [-0.25, -0.2) is 9.18 Å². The van der Waals surface area contributed by atoms with E-state index in [-0.39, 0.29) is 12.8 Å². The van der Waals surface area contributed by atoms with Crippen molar-refractivity contribution in [3.05, 3.63) is 0 Å². The number of halogens is 9. The Bertz CT molecular complexity index is 381. The molecule has 0 saturated carbocycles. The predicted molar refractivity (Wildman–Crippen MR) is 51.8 cm³/mol. The van der Waals surface area contributed by atoms with Crippen LogP contribution in [0.15, 0.2) is 0 Å². The van der Waals surface area contributed by atoms with Crippen molar-refractivity contribution in [1.82, 2.24) is 0 Å². The molecule has 2 nitrogen and oxygen atoms in total. The Morgan fingerprint density at radius 2 is 1.43 bits per heavy atom.